The van der Waals surface area contributed by atoms with Gasteiger partial charge in [-0.25, -0.2) is 9.48 Å². The number of nitrogens with zero attached hydrogens (tertiary/aromatic N) is 5. The molecule has 0 radical (unpaired) electrons. The number of Topliss-reactive ketones (excluding diaryl/α,β-unsaturated/α-hetero) is 2. The van der Waals surface area contributed by atoms with Gasteiger partial charge in [0.2, 0.25) is 17.6 Å². The lowest BCUT2D eigenvalue weighted by molar-refractivity contribution is -0.143. The Morgan fingerprint density at radius 3 is 2.49 bits per heavy atom. The molecule has 0 spiro atoms. The number of fused-ring (bicyclic) bond motifs is 1. The summed E-state index contributed by atoms with van der Waals surface area (Å²) >= 11 is 0. The Morgan fingerprint density at radius 2 is 1.75 bits per heavy atom. The van der Waals surface area contributed by atoms with Gasteiger partial charge in [0.15, 0.2) is 5.78 Å². The number of H-pyrrole nitrogens is 1. The van der Waals surface area contributed by atoms with Gasteiger partial charge in [0.25, 0.3) is 5.91 Å². The molecule has 2 aliphatic rings. The molecule has 1 saturated carbocycles. The Morgan fingerprint density at radius 1 is 0.984 bits per heavy atom. The smallest absolute Gasteiger partial charge is 0.407 e. The summed E-state index contributed by atoms with van der Waals surface area (Å²) in [5.41, 5.74) is 6.45. The lowest BCUT2D eigenvalue weighted by atomic mass is 9.80. The minimum Gasteiger partial charge on any atom is -0.445 e. The molecule has 1 aliphatic heterocycles. The largest absolute Gasteiger partial charge is 0.445 e. The molecule has 61 heavy (non-hydrogen) atoms. The highest BCUT2D eigenvalue weighted by Gasteiger charge is 2.45. The topological polar surface area (TPSA) is 245 Å². The minimum atomic E-state index is -1.34. The van der Waals surface area contributed by atoms with Crippen LogP contribution in [0.1, 0.15) is 119 Å². The molecule has 4 atom stereocenters. The van der Waals surface area contributed by atoms with Crippen molar-refractivity contribution in [2.75, 3.05) is 13.1 Å². The van der Waals surface area contributed by atoms with Crippen LogP contribution in [0.5, 0.6) is 0 Å². The van der Waals surface area contributed by atoms with Crippen LogP contribution in [-0.2, 0) is 36.1 Å². The number of carbonyl (C=O) groups is 6. The Bertz CT molecular complexity index is 2160. The number of rotatable bonds is 20. The summed E-state index contributed by atoms with van der Waals surface area (Å²) in [5, 5.41) is 32.4. The molecule has 326 valence electrons. The lowest BCUT2D eigenvalue weighted by Gasteiger charge is -2.32. The van der Waals surface area contributed by atoms with E-state index in [9.17, 15) is 33.9 Å². The number of aliphatic hydroxyl groups is 1. The number of nitrogens with one attached hydrogen (secondary N) is 3. The first kappa shape index (κ1) is 44.6. The van der Waals surface area contributed by atoms with Crippen LogP contribution in [0, 0.1) is 11.8 Å². The Balaban J connectivity index is 1.18. The standard InChI is InChI=1S/C44H57N9O8/c1-44(2,60)37-25-48-51-53(37)32-23-35(41(57)49-34(39(55)40(45)56)18-9-10-21-46-43(59)61-27-29-14-7-4-8-15-29)52(26-32)42(58)30(22-28-12-5-3-6-13-28)19-20-36(54)33-17-11-16-31-24-47-50-38(31)33/h4,7-8,11,14-17,24-25,28,30,32,34-35,60H,3,5-6,9-10,12-13,18-23,26-27H2,1-2H3,(H2,45,56)(H,46,59)(H,47,50)(H,49,57)/t30-,32+,34?,35+/m1/s1. The van der Waals surface area contributed by atoms with Crippen molar-refractivity contribution in [3.63, 3.8) is 0 Å². The summed E-state index contributed by atoms with van der Waals surface area (Å²) in [6.45, 7) is 3.55. The number of carbonyl (C=O) groups excluding carboxylic acids is 6. The van der Waals surface area contributed by atoms with Gasteiger partial charge < -0.3 is 31.1 Å². The van der Waals surface area contributed by atoms with Crippen LogP contribution in [0.25, 0.3) is 10.9 Å². The maximum absolute atomic E-state index is 14.9. The van der Waals surface area contributed by atoms with Gasteiger partial charge in [-0.05, 0) is 63.5 Å². The zero-order valence-electron chi connectivity index (χ0n) is 34.9. The maximum atomic E-state index is 14.9. The van der Waals surface area contributed by atoms with Crippen molar-refractivity contribution < 1.29 is 38.6 Å². The molecule has 2 aromatic carbocycles. The third-order valence-electron chi connectivity index (χ3n) is 11.9. The molecular weight excluding hydrogens is 783 g/mol. The number of ketones is 2. The zero-order chi connectivity index (χ0) is 43.5. The number of nitrogens with two attached hydrogens (primary N) is 1. The molecule has 17 nitrogen and oxygen atoms in total. The van der Waals surface area contributed by atoms with E-state index < -0.39 is 53.3 Å². The number of likely N-dealkylation sites (tertiary alicyclic amines) is 1. The first-order valence-electron chi connectivity index (χ1n) is 21.3. The molecule has 17 heteroatoms. The predicted molar refractivity (Wildman–Crippen MR) is 223 cm³/mol. The fourth-order valence-corrected chi connectivity index (χ4v) is 8.62. The molecule has 1 saturated heterocycles. The first-order chi connectivity index (χ1) is 29.3. The van der Waals surface area contributed by atoms with Crippen LogP contribution in [0.2, 0.25) is 0 Å². The van der Waals surface area contributed by atoms with Crippen LogP contribution in [0.15, 0.2) is 60.9 Å². The van der Waals surface area contributed by atoms with Crippen molar-refractivity contribution in [1.82, 2.24) is 40.7 Å². The van der Waals surface area contributed by atoms with Gasteiger partial charge in [-0.3, -0.25) is 29.1 Å². The SMILES string of the molecule is CC(C)(O)c1cnnn1[C@H]1C[C@@H](C(=O)NC(CCCCNC(=O)OCc2ccccc2)C(=O)C(N)=O)N(C(=O)[C@H](CCC(=O)c2cccc3cn[nH]c23)CC2CCCCC2)C1. The van der Waals surface area contributed by atoms with E-state index >= 15 is 0 Å². The minimum absolute atomic E-state index is 0.0414. The summed E-state index contributed by atoms with van der Waals surface area (Å²) in [6.07, 6.45) is 9.39. The maximum Gasteiger partial charge on any atom is 0.407 e. The van der Waals surface area contributed by atoms with Crippen molar-refractivity contribution in [2.24, 2.45) is 17.6 Å². The van der Waals surface area contributed by atoms with Gasteiger partial charge in [-0.2, -0.15) is 5.10 Å². The number of hydrogen-bond donors (Lipinski definition) is 5. The average molecular weight is 840 g/mol. The van der Waals surface area contributed by atoms with Gasteiger partial charge >= 0.3 is 6.09 Å². The van der Waals surface area contributed by atoms with Gasteiger partial charge in [-0.1, -0.05) is 79.8 Å². The third-order valence-corrected chi connectivity index (χ3v) is 11.9. The number of para-hydroxylation sites is 1. The Kier molecular flexibility index (Phi) is 15.0. The normalized spacial score (nSPS) is 18.0. The molecule has 2 fully saturated rings. The van der Waals surface area contributed by atoms with Crippen molar-refractivity contribution in [3.8, 4) is 0 Å². The summed E-state index contributed by atoms with van der Waals surface area (Å²) < 4.78 is 6.78. The number of ether oxygens (including phenoxy) is 1. The molecular formula is C44H57N9O8. The Labute approximate surface area is 354 Å². The van der Waals surface area contributed by atoms with Crippen molar-refractivity contribution >= 4 is 46.3 Å². The summed E-state index contributed by atoms with van der Waals surface area (Å²) in [4.78, 5) is 82.1. The fourth-order valence-electron chi connectivity index (χ4n) is 8.62. The molecule has 4 aromatic rings. The molecule has 4 amide bonds. The molecule has 6 N–H and O–H groups in total. The molecule has 2 aromatic heterocycles. The lowest BCUT2D eigenvalue weighted by Crippen LogP contribution is -2.53. The molecule has 0 bridgehead atoms. The molecule has 1 aliphatic carbocycles. The van der Waals surface area contributed by atoms with E-state index in [0.717, 1.165) is 43.1 Å². The second-order valence-electron chi connectivity index (χ2n) is 16.8. The monoisotopic (exact) mass is 839 g/mol. The second kappa shape index (κ2) is 20.5. The van der Waals surface area contributed by atoms with Crippen molar-refractivity contribution in [3.05, 3.63) is 77.7 Å². The second-order valence-corrected chi connectivity index (χ2v) is 16.8. The van der Waals surface area contributed by atoms with E-state index in [1.165, 1.54) is 15.8 Å². The number of hydrogen-bond acceptors (Lipinski definition) is 11. The summed E-state index contributed by atoms with van der Waals surface area (Å²) in [5.74, 6) is -3.61. The van der Waals surface area contributed by atoms with Crippen LogP contribution < -0.4 is 16.4 Å². The van der Waals surface area contributed by atoms with Crippen LogP contribution in [0.4, 0.5) is 4.79 Å². The van der Waals surface area contributed by atoms with Gasteiger partial charge in [0.1, 0.15) is 18.2 Å². The first-order valence-corrected chi connectivity index (χ1v) is 21.3. The average Bonchev–Trinajstić information content (AvgIpc) is 4.04. The number of unbranched alkanes of at least 4 members (excludes halogenated alkanes) is 1. The molecule has 3 heterocycles. The fraction of sp³-hybridized carbons (Fsp3) is 0.523. The highest BCUT2D eigenvalue weighted by Crippen LogP contribution is 2.36. The van der Waals surface area contributed by atoms with Crippen molar-refractivity contribution in [1.29, 1.82) is 0 Å². The van der Waals surface area contributed by atoms with E-state index in [1.54, 1.807) is 32.2 Å². The van der Waals surface area contributed by atoms with Crippen molar-refractivity contribution in [2.45, 2.75) is 121 Å². The van der Waals surface area contributed by atoms with Gasteiger partial charge in [-0.15, -0.1) is 5.10 Å². The number of amides is 4. The number of aromatic amines is 1. The van der Waals surface area contributed by atoms with E-state index in [0.29, 0.717) is 36.0 Å². The third kappa shape index (κ3) is 11.7. The van der Waals surface area contributed by atoms with Crippen LogP contribution in [-0.4, -0.2) is 95.8 Å². The van der Waals surface area contributed by atoms with Gasteiger partial charge in [0, 0.05) is 42.8 Å². The van der Waals surface area contributed by atoms with Gasteiger partial charge in [0.05, 0.1) is 35.7 Å². The van der Waals surface area contributed by atoms with Crippen LogP contribution >= 0.6 is 0 Å². The van der Waals surface area contributed by atoms with E-state index in [1.807, 2.05) is 36.4 Å². The Hall–Kier alpha value is -5.97. The number of aromatic nitrogens is 5. The molecule has 6 rings (SSSR count). The molecule has 1 unspecified atom stereocenters. The number of primary amides is 1. The van der Waals surface area contributed by atoms with E-state index in [2.05, 4.69) is 31.1 Å². The number of benzene rings is 2. The predicted octanol–water partition coefficient (Wildman–Crippen LogP) is 4.41. The summed E-state index contributed by atoms with van der Waals surface area (Å²) in [6, 6.07) is 11.7. The quantitative estimate of drug-likeness (QED) is 0.0474. The van der Waals surface area contributed by atoms with E-state index in [-0.39, 0.29) is 63.0 Å². The zero-order valence-corrected chi connectivity index (χ0v) is 34.9. The highest BCUT2D eigenvalue weighted by atomic mass is 16.5. The summed E-state index contributed by atoms with van der Waals surface area (Å²) in [7, 11) is 0. The highest BCUT2D eigenvalue weighted by molar-refractivity contribution is 6.37. The number of alkyl carbamates (subject to hydrolysis) is 1. The van der Waals surface area contributed by atoms with E-state index in [4.69, 9.17) is 10.5 Å². The van der Waals surface area contributed by atoms with Crippen LogP contribution in [0.3, 0.4) is 0 Å².